The fourth-order valence-corrected chi connectivity index (χ4v) is 1.58. The molecule has 0 radical (unpaired) electrons. The van der Waals surface area contributed by atoms with Crippen molar-refractivity contribution in [1.82, 2.24) is 0 Å². The Hall–Kier alpha value is -1.55. The van der Waals surface area contributed by atoms with E-state index in [0.717, 1.165) is 18.4 Å². The quantitative estimate of drug-likeness (QED) is 0.706. The molecule has 0 aliphatic heterocycles. The molecular formula is C12H16N2O2. The van der Waals surface area contributed by atoms with Gasteiger partial charge >= 0.3 is 0 Å². The molecule has 0 saturated heterocycles. The number of aromatic hydroxyl groups is 1. The molecule has 4 heteroatoms. The summed E-state index contributed by atoms with van der Waals surface area (Å²) in [6.07, 6.45) is 1.46. The highest BCUT2D eigenvalue weighted by Gasteiger charge is 2.46. The molecule has 0 atom stereocenters. The van der Waals surface area contributed by atoms with E-state index in [0.29, 0.717) is 11.3 Å². The van der Waals surface area contributed by atoms with Crippen molar-refractivity contribution in [3.05, 3.63) is 23.3 Å². The van der Waals surface area contributed by atoms with Gasteiger partial charge in [-0.1, -0.05) is 6.07 Å². The zero-order valence-corrected chi connectivity index (χ0v) is 9.50. The Bertz CT molecular complexity index is 451. The standard InChI is InChI=1S/C12H16N2O2/c1-7-3-4-9(8(2)10(7)15)14-11(16)12(13)5-6-12/h3-4,15H,5-6,13H2,1-2H3,(H,14,16). The second-order valence-electron chi connectivity index (χ2n) is 4.51. The fraction of sp³-hybridized carbons (Fsp3) is 0.417. The Morgan fingerprint density at radius 3 is 2.62 bits per heavy atom. The van der Waals surface area contributed by atoms with Gasteiger partial charge in [0.2, 0.25) is 5.91 Å². The van der Waals surface area contributed by atoms with E-state index in [1.165, 1.54) is 0 Å². The minimum absolute atomic E-state index is 0.168. The number of hydrogen-bond donors (Lipinski definition) is 3. The Morgan fingerprint density at radius 2 is 2.06 bits per heavy atom. The lowest BCUT2D eigenvalue weighted by Crippen LogP contribution is -2.38. The Morgan fingerprint density at radius 1 is 1.44 bits per heavy atom. The van der Waals surface area contributed by atoms with Crippen LogP contribution in [0.5, 0.6) is 5.75 Å². The number of phenolic OH excluding ortho intramolecular Hbond substituents is 1. The molecule has 1 aromatic carbocycles. The number of amides is 1. The predicted octanol–water partition coefficient (Wildman–Crippen LogP) is 1.44. The number of aryl methyl sites for hydroxylation is 1. The highest BCUT2D eigenvalue weighted by Crippen LogP contribution is 2.35. The zero-order valence-electron chi connectivity index (χ0n) is 9.50. The summed E-state index contributed by atoms with van der Waals surface area (Å²) in [6.45, 7) is 3.59. The van der Waals surface area contributed by atoms with E-state index in [1.807, 2.05) is 6.92 Å². The normalized spacial score (nSPS) is 16.9. The van der Waals surface area contributed by atoms with Gasteiger partial charge < -0.3 is 16.2 Å². The van der Waals surface area contributed by atoms with Gasteiger partial charge in [0.05, 0.1) is 5.54 Å². The van der Waals surface area contributed by atoms with Gasteiger partial charge in [0.15, 0.2) is 0 Å². The van der Waals surface area contributed by atoms with Crippen LogP contribution in [-0.4, -0.2) is 16.6 Å². The van der Waals surface area contributed by atoms with Gasteiger partial charge in [-0.2, -0.15) is 0 Å². The third kappa shape index (κ3) is 1.76. The molecule has 4 nitrogen and oxygen atoms in total. The summed E-state index contributed by atoms with van der Waals surface area (Å²) in [7, 11) is 0. The van der Waals surface area contributed by atoms with Crippen molar-refractivity contribution in [3.8, 4) is 5.75 Å². The van der Waals surface area contributed by atoms with Crippen LogP contribution < -0.4 is 11.1 Å². The summed E-state index contributed by atoms with van der Waals surface area (Å²) >= 11 is 0. The molecule has 1 fully saturated rings. The molecule has 1 aromatic rings. The van der Waals surface area contributed by atoms with Crippen LogP contribution in [0.15, 0.2) is 12.1 Å². The van der Waals surface area contributed by atoms with Crippen molar-refractivity contribution in [2.24, 2.45) is 5.73 Å². The van der Waals surface area contributed by atoms with E-state index in [2.05, 4.69) is 5.32 Å². The van der Waals surface area contributed by atoms with Crippen molar-refractivity contribution >= 4 is 11.6 Å². The SMILES string of the molecule is Cc1ccc(NC(=O)C2(N)CC2)c(C)c1O. The minimum atomic E-state index is -0.688. The van der Waals surface area contributed by atoms with Crippen LogP contribution in [0.25, 0.3) is 0 Å². The van der Waals surface area contributed by atoms with E-state index in [4.69, 9.17) is 5.73 Å². The van der Waals surface area contributed by atoms with E-state index in [-0.39, 0.29) is 11.7 Å². The number of hydrogen-bond acceptors (Lipinski definition) is 3. The lowest BCUT2D eigenvalue weighted by Gasteiger charge is -2.14. The summed E-state index contributed by atoms with van der Waals surface area (Å²) < 4.78 is 0. The minimum Gasteiger partial charge on any atom is -0.507 e. The maximum Gasteiger partial charge on any atom is 0.244 e. The molecule has 86 valence electrons. The van der Waals surface area contributed by atoms with Gasteiger partial charge in [-0.25, -0.2) is 0 Å². The van der Waals surface area contributed by atoms with Gasteiger partial charge in [0.1, 0.15) is 5.75 Å². The molecule has 1 aliphatic rings. The lowest BCUT2D eigenvalue weighted by atomic mass is 10.1. The zero-order chi connectivity index (χ0) is 11.9. The molecule has 1 aliphatic carbocycles. The topological polar surface area (TPSA) is 75.4 Å². The molecule has 0 aromatic heterocycles. The Labute approximate surface area is 94.5 Å². The Balaban J connectivity index is 2.22. The second kappa shape index (κ2) is 3.49. The van der Waals surface area contributed by atoms with Gasteiger partial charge in [0, 0.05) is 11.3 Å². The second-order valence-corrected chi connectivity index (χ2v) is 4.51. The number of phenols is 1. The van der Waals surface area contributed by atoms with Crippen molar-refractivity contribution < 1.29 is 9.90 Å². The molecule has 2 rings (SSSR count). The first-order valence-electron chi connectivity index (χ1n) is 5.33. The van der Waals surface area contributed by atoms with E-state index in [1.54, 1.807) is 19.1 Å². The summed E-state index contributed by atoms with van der Waals surface area (Å²) in [5.41, 5.74) is 7.20. The number of nitrogens with one attached hydrogen (secondary N) is 1. The predicted molar refractivity (Wildman–Crippen MR) is 62.4 cm³/mol. The molecule has 0 unspecified atom stereocenters. The molecule has 0 bridgehead atoms. The molecular weight excluding hydrogens is 204 g/mol. The monoisotopic (exact) mass is 220 g/mol. The summed E-state index contributed by atoms with van der Waals surface area (Å²) in [4.78, 5) is 11.7. The number of carbonyl (C=O) groups excluding carboxylic acids is 1. The molecule has 1 amide bonds. The maximum atomic E-state index is 11.7. The van der Waals surface area contributed by atoms with Crippen LogP contribution in [0, 0.1) is 13.8 Å². The number of carbonyl (C=O) groups is 1. The van der Waals surface area contributed by atoms with Crippen LogP contribution in [0.1, 0.15) is 24.0 Å². The number of benzene rings is 1. The molecule has 0 spiro atoms. The highest BCUT2D eigenvalue weighted by atomic mass is 16.3. The first kappa shape index (κ1) is 11.0. The lowest BCUT2D eigenvalue weighted by molar-refractivity contribution is -0.118. The highest BCUT2D eigenvalue weighted by molar-refractivity contribution is 6.00. The molecule has 16 heavy (non-hydrogen) atoms. The van der Waals surface area contributed by atoms with Crippen LogP contribution in [0.2, 0.25) is 0 Å². The first-order chi connectivity index (χ1) is 7.44. The molecule has 4 N–H and O–H groups in total. The van der Waals surface area contributed by atoms with E-state index in [9.17, 15) is 9.90 Å². The van der Waals surface area contributed by atoms with Crippen molar-refractivity contribution in [1.29, 1.82) is 0 Å². The van der Waals surface area contributed by atoms with Gasteiger partial charge in [-0.05, 0) is 38.3 Å². The third-order valence-corrected chi connectivity index (χ3v) is 3.12. The number of rotatable bonds is 2. The smallest absolute Gasteiger partial charge is 0.244 e. The van der Waals surface area contributed by atoms with Crippen LogP contribution in [0.3, 0.4) is 0 Å². The fourth-order valence-electron chi connectivity index (χ4n) is 1.58. The number of nitrogens with two attached hydrogens (primary N) is 1. The first-order valence-corrected chi connectivity index (χ1v) is 5.33. The molecule has 0 heterocycles. The van der Waals surface area contributed by atoms with Crippen molar-refractivity contribution in [3.63, 3.8) is 0 Å². The molecule has 1 saturated carbocycles. The summed E-state index contributed by atoms with van der Waals surface area (Å²) in [5, 5.41) is 12.5. The Kier molecular flexibility index (Phi) is 2.39. The van der Waals surface area contributed by atoms with Crippen LogP contribution in [0.4, 0.5) is 5.69 Å². The summed E-state index contributed by atoms with van der Waals surface area (Å²) in [6, 6.07) is 3.56. The van der Waals surface area contributed by atoms with E-state index < -0.39 is 5.54 Å². The largest absolute Gasteiger partial charge is 0.507 e. The third-order valence-electron chi connectivity index (χ3n) is 3.12. The van der Waals surface area contributed by atoms with Gasteiger partial charge in [0.25, 0.3) is 0 Å². The van der Waals surface area contributed by atoms with Crippen molar-refractivity contribution in [2.45, 2.75) is 32.2 Å². The van der Waals surface area contributed by atoms with Gasteiger partial charge in [-0.15, -0.1) is 0 Å². The average Bonchev–Trinajstić information content (AvgIpc) is 2.99. The van der Waals surface area contributed by atoms with Crippen LogP contribution in [-0.2, 0) is 4.79 Å². The summed E-state index contributed by atoms with van der Waals surface area (Å²) in [5.74, 6) is 0.0542. The van der Waals surface area contributed by atoms with Crippen LogP contribution >= 0.6 is 0 Å². The van der Waals surface area contributed by atoms with E-state index >= 15 is 0 Å². The van der Waals surface area contributed by atoms with Crippen molar-refractivity contribution in [2.75, 3.05) is 5.32 Å². The van der Waals surface area contributed by atoms with Gasteiger partial charge in [-0.3, -0.25) is 4.79 Å². The average molecular weight is 220 g/mol. The number of anilines is 1. The maximum absolute atomic E-state index is 11.7.